The molecule has 0 spiro atoms. The lowest BCUT2D eigenvalue weighted by Crippen LogP contribution is -2.27. The van der Waals surface area contributed by atoms with Gasteiger partial charge in [0.25, 0.3) is 11.8 Å². The smallest absolute Gasteiger partial charge is 0.337 e. The van der Waals surface area contributed by atoms with Gasteiger partial charge in [0.15, 0.2) is 0 Å². The Bertz CT molecular complexity index is 2530. The van der Waals surface area contributed by atoms with E-state index in [0.717, 1.165) is 39.1 Å². The highest BCUT2D eigenvalue weighted by atomic mass is 32.2. The SMILES string of the molecule is COC(=O)c1ccc(-c2cccc(/C=C3\SC(=S)N(Cc4ccccc4)C3=O)c2)cc1.COC(=O)c1ccc(-c2cccc(/C=C3\SC(=S)N(Cc4ccccc4)C3=O)n2)cc1. The van der Waals surface area contributed by atoms with Crippen LogP contribution in [0.3, 0.4) is 0 Å². The molecule has 0 atom stereocenters. The van der Waals surface area contributed by atoms with Gasteiger partial charge in [-0.2, -0.15) is 0 Å². The summed E-state index contributed by atoms with van der Waals surface area (Å²) >= 11 is 13.5. The third-order valence-corrected chi connectivity index (χ3v) is 12.3. The van der Waals surface area contributed by atoms with Crippen LogP contribution in [0.5, 0.6) is 0 Å². The van der Waals surface area contributed by atoms with E-state index in [9.17, 15) is 19.2 Å². The van der Waals surface area contributed by atoms with Crippen LogP contribution in [0.2, 0.25) is 0 Å². The van der Waals surface area contributed by atoms with Gasteiger partial charge in [0, 0.05) is 5.56 Å². The highest BCUT2D eigenvalue weighted by Gasteiger charge is 2.33. The van der Waals surface area contributed by atoms with Crippen LogP contribution in [0.15, 0.2) is 161 Å². The van der Waals surface area contributed by atoms with E-state index in [0.29, 0.717) is 48.4 Å². The van der Waals surface area contributed by atoms with Gasteiger partial charge in [-0.3, -0.25) is 19.4 Å². The number of methoxy groups -OCH3 is 2. The van der Waals surface area contributed by atoms with E-state index in [1.165, 1.54) is 37.7 Å². The molecule has 8 rings (SSSR count). The summed E-state index contributed by atoms with van der Waals surface area (Å²) in [5.41, 5.74) is 8.18. The number of rotatable bonds is 10. The van der Waals surface area contributed by atoms with E-state index in [1.54, 1.807) is 40.1 Å². The van der Waals surface area contributed by atoms with Crippen molar-refractivity contribution in [2.75, 3.05) is 14.2 Å². The third-order valence-electron chi connectivity index (χ3n) is 9.59. The molecular weight excluding hydrogens is 855 g/mol. The quantitative estimate of drug-likeness (QED) is 0.0745. The summed E-state index contributed by atoms with van der Waals surface area (Å²) < 4.78 is 10.6. The molecule has 0 aliphatic carbocycles. The summed E-state index contributed by atoms with van der Waals surface area (Å²) in [5.74, 6) is -0.941. The summed E-state index contributed by atoms with van der Waals surface area (Å²) in [7, 11) is 2.71. The van der Waals surface area contributed by atoms with Gasteiger partial charge in [0.05, 0.1) is 59.6 Å². The Labute approximate surface area is 378 Å². The minimum Gasteiger partial charge on any atom is -0.465 e. The average molecular weight is 892 g/mol. The van der Waals surface area contributed by atoms with Crippen LogP contribution in [0.1, 0.15) is 43.1 Å². The standard InChI is InChI=1S/C25H19NO3S2.C24H18N2O3S2/c1-29-24(28)20-12-10-19(11-13-20)21-9-5-8-18(14-21)15-22-23(27)26(25(30)31-22)16-17-6-3-2-4-7-17;1-29-23(28)18-12-10-17(11-13-18)20-9-5-8-19(25-20)14-21-22(27)26(24(30)31-21)15-16-6-3-2-4-7-16/h2-15H,16H2,1H3;2-14H,15H2,1H3/b22-15-;21-14-. The molecule has 0 unspecified atom stereocenters. The second-order valence-electron chi connectivity index (χ2n) is 13.7. The summed E-state index contributed by atoms with van der Waals surface area (Å²) in [5, 5.41) is 0. The number of amides is 2. The number of hydrogen-bond donors (Lipinski definition) is 0. The lowest BCUT2D eigenvalue weighted by molar-refractivity contribution is -0.123. The number of thiocarbonyl (C=S) groups is 2. The minimum atomic E-state index is -0.384. The summed E-state index contributed by atoms with van der Waals surface area (Å²) in [6, 6.07) is 47.4. The maximum absolute atomic E-state index is 12.9. The molecular formula is C49H37N3O6S4. The van der Waals surface area contributed by atoms with Gasteiger partial charge in [0.2, 0.25) is 0 Å². The molecule has 308 valence electrons. The zero-order valence-corrected chi connectivity index (χ0v) is 36.7. The van der Waals surface area contributed by atoms with E-state index in [4.69, 9.17) is 33.9 Å². The number of thioether (sulfide) groups is 2. The van der Waals surface area contributed by atoms with Gasteiger partial charge in [-0.25, -0.2) is 14.6 Å². The van der Waals surface area contributed by atoms with E-state index < -0.39 is 0 Å². The van der Waals surface area contributed by atoms with E-state index >= 15 is 0 Å². The Hall–Kier alpha value is -6.51. The first-order valence-electron chi connectivity index (χ1n) is 19.1. The number of carbonyl (C=O) groups excluding carboxylic acids is 4. The Balaban J connectivity index is 0.000000186. The fourth-order valence-corrected chi connectivity index (χ4v) is 8.90. The van der Waals surface area contributed by atoms with Crippen molar-refractivity contribution in [3.05, 3.63) is 195 Å². The molecule has 0 radical (unpaired) electrons. The summed E-state index contributed by atoms with van der Waals surface area (Å²) in [6.45, 7) is 0.915. The largest absolute Gasteiger partial charge is 0.465 e. The zero-order valence-electron chi connectivity index (χ0n) is 33.4. The van der Waals surface area contributed by atoms with Gasteiger partial charge in [-0.1, -0.05) is 157 Å². The van der Waals surface area contributed by atoms with Gasteiger partial charge in [-0.05, 0) is 82.4 Å². The highest BCUT2D eigenvalue weighted by Crippen LogP contribution is 2.35. The molecule has 13 heteroatoms. The van der Waals surface area contributed by atoms with Crippen molar-refractivity contribution in [1.29, 1.82) is 0 Å². The topological polar surface area (TPSA) is 106 Å². The molecule has 2 fully saturated rings. The Morgan fingerprint density at radius 3 is 1.56 bits per heavy atom. The molecule has 3 heterocycles. The predicted octanol–water partition coefficient (Wildman–Crippen LogP) is 10.5. The first-order valence-corrected chi connectivity index (χ1v) is 21.6. The molecule has 1 aromatic heterocycles. The molecule has 9 nitrogen and oxygen atoms in total. The lowest BCUT2D eigenvalue weighted by atomic mass is 10.0. The van der Waals surface area contributed by atoms with Gasteiger partial charge in [0.1, 0.15) is 8.64 Å². The molecule has 5 aromatic carbocycles. The molecule has 62 heavy (non-hydrogen) atoms. The number of carbonyl (C=O) groups is 4. The second-order valence-corrected chi connectivity index (χ2v) is 17.1. The molecule has 0 N–H and O–H groups in total. The maximum atomic E-state index is 12.9. The van der Waals surface area contributed by atoms with Crippen molar-refractivity contribution < 1.29 is 28.7 Å². The molecule has 0 bridgehead atoms. The van der Waals surface area contributed by atoms with Crippen LogP contribution in [0.4, 0.5) is 0 Å². The number of ether oxygens (including phenoxy) is 2. The number of aromatic nitrogens is 1. The normalized spacial score (nSPS) is 14.9. The maximum Gasteiger partial charge on any atom is 0.337 e. The van der Waals surface area contributed by atoms with Crippen LogP contribution < -0.4 is 0 Å². The van der Waals surface area contributed by atoms with Crippen molar-refractivity contribution in [1.82, 2.24) is 14.8 Å². The van der Waals surface area contributed by atoms with Crippen LogP contribution in [-0.2, 0) is 32.2 Å². The number of pyridine rings is 1. The molecule has 2 aliphatic heterocycles. The first kappa shape index (κ1) is 43.6. The number of benzene rings is 5. The number of nitrogens with zero attached hydrogens (tertiary/aromatic N) is 3. The lowest BCUT2D eigenvalue weighted by Gasteiger charge is -2.14. The van der Waals surface area contributed by atoms with Crippen LogP contribution in [-0.4, -0.2) is 61.4 Å². The molecule has 2 aliphatic rings. The van der Waals surface area contributed by atoms with Crippen LogP contribution >= 0.6 is 48.0 Å². The fourth-order valence-electron chi connectivity index (χ4n) is 6.40. The van der Waals surface area contributed by atoms with Crippen molar-refractivity contribution in [3.63, 3.8) is 0 Å². The van der Waals surface area contributed by atoms with Crippen molar-refractivity contribution in [2.24, 2.45) is 0 Å². The van der Waals surface area contributed by atoms with E-state index in [1.807, 2.05) is 133 Å². The molecule has 2 saturated heterocycles. The first-order chi connectivity index (χ1) is 30.1. The predicted molar refractivity (Wildman–Crippen MR) is 255 cm³/mol. The summed E-state index contributed by atoms with van der Waals surface area (Å²) in [6.07, 6.45) is 3.63. The Morgan fingerprint density at radius 1 is 0.565 bits per heavy atom. The monoisotopic (exact) mass is 891 g/mol. The molecule has 6 aromatic rings. The number of hydrogen-bond acceptors (Lipinski definition) is 11. The van der Waals surface area contributed by atoms with Gasteiger partial charge in [-0.15, -0.1) is 0 Å². The average Bonchev–Trinajstić information content (AvgIpc) is 3.73. The highest BCUT2D eigenvalue weighted by molar-refractivity contribution is 8.27. The second kappa shape index (κ2) is 20.4. The zero-order chi connectivity index (χ0) is 43.6. The Morgan fingerprint density at radius 2 is 1.05 bits per heavy atom. The number of esters is 2. The molecule has 0 saturated carbocycles. The molecule has 2 amide bonds. The van der Waals surface area contributed by atoms with E-state index in [2.05, 4.69) is 4.98 Å². The van der Waals surface area contributed by atoms with E-state index in [-0.39, 0.29) is 23.8 Å². The van der Waals surface area contributed by atoms with Gasteiger partial charge < -0.3 is 9.47 Å². The minimum absolute atomic E-state index is 0.0771. The van der Waals surface area contributed by atoms with Gasteiger partial charge >= 0.3 is 11.9 Å². The Kier molecular flexibility index (Phi) is 14.3. The summed E-state index contributed by atoms with van der Waals surface area (Å²) in [4.78, 5) is 58.1. The third kappa shape index (κ3) is 10.7. The van der Waals surface area contributed by atoms with Crippen molar-refractivity contribution in [2.45, 2.75) is 13.1 Å². The van der Waals surface area contributed by atoms with Crippen molar-refractivity contribution in [3.8, 4) is 22.4 Å². The van der Waals surface area contributed by atoms with Crippen molar-refractivity contribution >= 4 is 92.5 Å². The fraction of sp³-hybridized carbons (Fsp3) is 0.0816. The van der Waals surface area contributed by atoms with Crippen LogP contribution in [0.25, 0.3) is 34.5 Å². The van der Waals surface area contributed by atoms with Crippen LogP contribution in [0, 0.1) is 0 Å².